The number of carbonyl (C=O) groups excluding carboxylic acids is 1. The van der Waals surface area contributed by atoms with Crippen LogP contribution in [0.15, 0.2) is 24.3 Å². The monoisotopic (exact) mass is 393 g/mol. The summed E-state index contributed by atoms with van der Waals surface area (Å²) in [5.74, 6) is 0.345. The van der Waals surface area contributed by atoms with E-state index in [4.69, 9.17) is 0 Å². The number of aromatic amines is 1. The van der Waals surface area contributed by atoms with Crippen LogP contribution in [0.3, 0.4) is 0 Å². The van der Waals surface area contributed by atoms with Gasteiger partial charge in [-0.15, -0.1) is 0 Å². The van der Waals surface area contributed by atoms with Crippen molar-refractivity contribution in [1.29, 1.82) is 0 Å². The lowest BCUT2D eigenvalue weighted by Crippen LogP contribution is -2.51. The minimum absolute atomic E-state index is 0.345. The van der Waals surface area contributed by atoms with Crippen LogP contribution < -0.4 is 0 Å². The van der Waals surface area contributed by atoms with E-state index in [2.05, 4.69) is 39.0 Å². The molecule has 1 aromatic carbocycles. The maximum Gasteiger partial charge on any atom is 0.237 e. The lowest BCUT2D eigenvalue weighted by Gasteiger charge is -2.42. The molecule has 0 radical (unpaired) electrons. The number of benzene rings is 1. The van der Waals surface area contributed by atoms with Crippen molar-refractivity contribution in [3.05, 3.63) is 35.5 Å². The van der Waals surface area contributed by atoms with Crippen LogP contribution in [0, 0.1) is 0 Å². The summed E-state index contributed by atoms with van der Waals surface area (Å²) in [6.07, 6.45) is 14.2. The first kappa shape index (κ1) is 19.2. The van der Waals surface area contributed by atoms with Crippen molar-refractivity contribution in [3.63, 3.8) is 0 Å². The molecule has 1 aliphatic heterocycles. The molecule has 4 nitrogen and oxygen atoms in total. The standard InChI is InChI=1S/C25H35N3O/c29-25(18-28(19-9-3-1-4-10-19)20-11-5-2-6-12-20)27-16-15-24-22(17-27)21-13-7-8-14-23(21)26-24/h7-8,13-14,19-20,26H,1-6,9-12,15-18H2. The molecule has 5 rings (SSSR count). The van der Waals surface area contributed by atoms with Gasteiger partial charge in [-0.1, -0.05) is 56.7 Å². The molecule has 4 heteroatoms. The Kier molecular flexibility index (Phi) is 5.63. The van der Waals surface area contributed by atoms with E-state index < -0.39 is 0 Å². The molecule has 0 bridgehead atoms. The van der Waals surface area contributed by atoms with Crippen molar-refractivity contribution >= 4 is 16.8 Å². The summed E-state index contributed by atoms with van der Waals surface area (Å²) in [5, 5.41) is 1.29. The smallest absolute Gasteiger partial charge is 0.237 e. The number of nitrogens with one attached hydrogen (secondary N) is 1. The van der Waals surface area contributed by atoms with Gasteiger partial charge in [0.1, 0.15) is 0 Å². The number of amides is 1. The quantitative estimate of drug-likeness (QED) is 0.792. The Bertz CT molecular complexity index is 827. The van der Waals surface area contributed by atoms with Gasteiger partial charge in [-0.05, 0) is 31.7 Å². The number of hydrogen-bond donors (Lipinski definition) is 1. The second-order valence-corrected chi connectivity index (χ2v) is 9.45. The van der Waals surface area contributed by atoms with Crippen LogP contribution in [0.5, 0.6) is 0 Å². The first-order valence-electron chi connectivity index (χ1n) is 11.9. The van der Waals surface area contributed by atoms with Gasteiger partial charge in [0, 0.05) is 53.8 Å². The zero-order chi connectivity index (χ0) is 19.6. The van der Waals surface area contributed by atoms with Gasteiger partial charge in [0.05, 0.1) is 6.54 Å². The fourth-order valence-electron chi connectivity index (χ4n) is 6.02. The number of rotatable bonds is 4. The lowest BCUT2D eigenvalue weighted by atomic mass is 9.88. The van der Waals surface area contributed by atoms with E-state index in [1.54, 1.807) is 0 Å². The van der Waals surface area contributed by atoms with Crippen LogP contribution >= 0.6 is 0 Å². The number of para-hydroxylation sites is 1. The molecule has 0 atom stereocenters. The Morgan fingerprint density at radius 1 is 0.966 bits per heavy atom. The predicted molar refractivity (Wildman–Crippen MR) is 118 cm³/mol. The van der Waals surface area contributed by atoms with Crippen molar-refractivity contribution in [2.45, 2.75) is 89.3 Å². The van der Waals surface area contributed by atoms with E-state index in [9.17, 15) is 4.79 Å². The summed E-state index contributed by atoms with van der Waals surface area (Å²) >= 11 is 0. The highest BCUT2D eigenvalue weighted by Gasteiger charge is 2.32. The maximum absolute atomic E-state index is 13.4. The third kappa shape index (κ3) is 3.96. The Labute approximate surface area is 174 Å². The Morgan fingerprint density at radius 3 is 2.31 bits per heavy atom. The summed E-state index contributed by atoms with van der Waals surface area (Å²) in [5.41, 5.74) is 3.87. The highest BCUT2D eigenvalue weighted by atomic mass is 16.2. The summed E-state index contributed by atoms with van der Waals surface area (Å²) in [6.45, 7) is 2.25. The van der Waals surface area contributed by atoms with Crippen molar-refractivity contribution in [1.82, 2.24) is 14.8 Å². The van der Waals surface area contributed by atoms with Crippen molar-refractivity contribution in [2.75, 3.05) is 13.1 Å². The second kappa shape index (κ2) is 8.51. The SMILES string of the molecule is O=C(CN(C1CCCCC1)C1CCCCC1)N1CCc2[nH]c3ccccc3c2C1. The molecule has 0 unspecified atom stereocenters. The van der Waals surface area contributed by atoms with Gasteiger partial charge in [-0.25, -0.2) is 0 Å². The molecular formula is C25H35N3O. The summed E-state index contributed by atoms with van der Waals surface area (Å²) in [6, 6.07) is 9.78. The number of fused-ring (bicyclic) bond motifs is 3. The molecule has 29 heavy (non-hydrogen) atoms. The van der Waals surface area contributed by atoms with Crippen LogP contribution in [0.2, 0.25) is 0 Å². The van der Waals surface area contributed by atoms with Crippen molar-refractivity contribution < 1.29 is 4.79 Å². The first-order chi connectivity index (χ1) is 14.3. The predicted octanol–water partition coefficient (Wildman–Crippen LogP) is 5.02. The van der Waals surface area contributed by atoms with Gasteiger partial charge in [-0.2, -0.15) is 0 Å². The molecular weight excluding hydrogens is 358 g/mol. The summed E-state index contributed by atoms with van der Waals surface area (Å²) < 4.78 is 0. The van der Waals surface area contributed by atoms with Gasteiger partial charge < -0.3 is 9.88 Å². The average Bonchev–Trinajstić information content (AvgIpc) is 3.16. The average molecular weight is 394 g/mol. The lowest BCUT2D eigenvalue weighted by molar-refractivity contribution is -0.135. The topological polar surface area (TPSA) is 39.3 Å². The van der Waals surface area contributed by atoms with E-state index in [0.717, 1.165) is 19.5 Å². The van der Waals surface area contributed by atoms with Gasteiger partial charge in [0.25, 0.3) is 0 Å². The number of hydrogen-bond acceptors (Lipinski definition) is 2. The Morgan fingerprint density at radius 2 is 1.62 bits per heavy atom. The largest absolute Gasteiger partial charge is 0.358 e. The minimum Gasteiger partial charge on any atom is -0.358 e. The molecule has 2 aromatic rings. The van der Waals surface area contributed by atoms with Crippen LogP contribution in [-0.4, -0.2) is 45.9 Å². The van der Waals surface area contributed by atoms with E-state index >= 15 is 0 Å². The fraction of sp³-hybridized carbons (Fsp3) is 0.640. The molecule has 2 fully saturated rings. The highest BCUT2D eigenvalue weighted by Crippen LogP contribution is 2.31. The zero-order valence-corrected chi connectivity index (χ0v) is 17.7. The van der Waals surface area contributed by atoms with Crippen LogP contribution in [0.1, 0.15) is 75.5 Å². The number of H-pyrrole nitrogens is 1. The van der Waals surface area contributed by atoms with Gasteiger partial charge in [0.15, 0.2) is 0 Å². The molecule has 1 N–H and O–H groups in total. The van der Waals surface area contributed by atoms with Gasteiger partial charge in [-0.3, -0.25) is 9.69 Å². The normalized spacial score (nSPS) is 21.6. The molecule has 2 saturated carbocycles. The molecule has 0 spiro atoms. The van der Waals surface area contributed by atoms with Crippen molar-refractivity contribution in [3.8, 4) is 0 Å². The van der Waals surface area contributed by atoms with E-state index in [1.807, 2.05) is 0 Å². The number of aromatic nitrogens is 1. The highest BCUT2D eigenvalue weighted by molar-refractivity contribution is 5.86. The zero-order valence-electron chi connectivity index (χ0n) is 17.7. The summed E-state index contributed by atoms with van der Waals surface area (Å²) in [4.78, 5) is 21.8. The number of carbonyl (C=O) groups is 1. The molecule has 3 aliphatic rings. The first-order valence-corrected chi connectivity index (χ1v) is 11.9. The second-order valence-electron chi connectivity index (χ2n) is 9.45. The maximum atomic E-state index is 13.4. The molecule has 156 valence electrons. The molecule has 2 aliphatic carbocycles. The minimum atomic E-state index is 0.345. The van der Waals surface area contributed by atoms with E-state index in [1.165, 1.54) is 86.4 Å². The van der Waals surface area contributed by atoms with E-state index in [-0.39, 0.29) is 0 Å². The molecule has 1 aromatic heterocycles. The van der Waals surface area contributed by atoms with Gasteiger partial charge >= 0.3 is 0 Å². The Balaban J connectivity index is 1.32. The third-order valence-corrected chi connectivity index (χ3v) is 7.64. The number of nitrogens with zero attached hydrogens (tertiary/aromatic N) is 2. The van der Waals surface area contributed by atoms with E-state index in [0.29, 0.717) is 24.5 Å². The van der Waals surface area contributed by atoms with Gasteiger partial charge in [0.2, 0.25) is 5.91 Å². The van der Waals surface area contributed by atoms with Crippen LogP contribution in [0.4, 0.5) is 0 Å². The van der Waals surface area contributed by atoms with Crippen molar-refractivity contribution in [2.24, 2.45) is 0 Å². The van der Waals surface area contributed by atoms with Crippen LogP contribution in [-0.2, 0) is 17.8 Å². The molecule has 2 heterocycles. The molecule has 1 amide bonds. The summed E-state index contributed by atoms with van der Waals surface area (Å²) in [7, 11) is 0. The molecule has 0 saturated heterocycles. The third-order valence-electron chi connectivity index (χ3n) is 7.64. The van der Waals surface area contributed by atoms with Crippen LogP contribution in [0.25, 0.3) is 10.9 Å². The fourth-order valence-corrected chi connectivity index (χ4v) is 6.02. The Hall–Kier alpha value is -1.81.